The number of amides is 3. The molecule has 134 valence electrons. The third-order valence-electron chi connectivity index (χ3n) is 5.25. The first kappa shape index (κ1) is 17.0. The van der Waals surface area contributed by atoms with Crippen molar-refractivity contribution in [2.24, 2.45) is 0 Å². The highest BCUT2D eigenvalue weighted by atomic mass is 32.1. The lowest BCUT2D eigenvalue weighted by Gasteiger charge is -2.34. The number of carbonyl (C=O) groups excluding carboxylic acids is 3. The fourth-order valence-electron chi connectivity index (χ4n) is 3.82. The molecule has 0 N–H and O–H groups in total. The summed E-state index contributed by atoms with van der Waals surface area (Å²) in [6.07, 6.45) is 1.74. The largest absolute Gasteiger partial charge is 0.336 e. The quantitative estimate of drug-likeness (QED) is 0.778. The summed E-state index contributed by atoms with van der Waals surface area (Å²) in [5.41, 5.74) is 2.16. The van der Waals surface area contributed by atoms with E-state index < -0.39 is 0 Å². The smallest absolute Gasteiger partial charge is 0.261 e. The normalized spacial score (nSPS) is 18.9. The zero-order chi connectivity index (χ0) is 18.3. The molecule has 1 atom stereocenters. The second-order valence-electron chi connectivity index (χ2n) is 6.72. The molecule has 3 amide bonds. The number of imide groups is 1. The second-order valence-corrected chi connectivity index (χ2v) is 7.72. The molecule has 3 heterocycles. The summed E-state index contributed by atoms with van der Waals surface area (Å²) in [6, 6.07) is 9.06. The van der Waals surface area contributed by atoms with Gasteiger partial charge in [0.05, 0.1) is 17.2 Å². The molecule has 6 heteroatoms. The van der Waals surface area contributed by atoms with Crippen LogP contribution in [0.3, 0.4) is 0 Å². The molecule has 2 aliphatic rings. The minimum atomic E-state index is -0.257. The standard InChI is InChI=1S/C20H20N2O3S/c1-13-14-9-12-26-17(14)8-11-21(13)18(23)7-4-10-22-19(24)15-5-2-3-6-16(15)20(22)25/h2-3,5-6,9,12-13H,4,7-8,10-11H2,1H3. The van der Waals surface area contributed by atoms with E-state index in [2.05, 4.69) is 18.4 Å². The molecule has 0 bridgehead atoms. The first-order valence-corrected chi connectivity index (χ1v) is 9.77. The zero-order valence-corrected chi connectivity index (χ0v) is 15.4. The van der Waals surface area contributed by atoms with Crippen molar-refractivity contribution in [3.63, 3.8) is 0 Å². The van der Waals surface area contributed by atoms with Crippen molar-refractivity contribution in [2.45, 2.75) is 32.2 Å². The molecule has 1 unspecified atom stereocenters. The van der Waals surface area contributed by atoms with Crippen LogP contribution in [0.5, 0.6) is 0 Å². The molecular weight excluding hydrogens is 348 g/mol. The van der Waals surface area contributed by atoms with Crippen molar-refractivity contribution in [3.8, 4) is 0 Å². The summed E-state index contributed by atoms with van der Waals surface area (Å²) in [5, 5.41) is 2.08. The molecule has 0 saturated carbocycles. The van der Waals surface area contributed by atoms with Crippen LogP contribution in [-0.2, 0) is 11.2 Å². The highest BCUT2D eigenvalue weighted by Gasteiger charge is 2.35. The Bertz CT molecular complexity index is 854. The maximum absolute atomic E-state index is 12.6. The van der Waals surface area contributed by atoms with Gasteiger partial charge in [0.2, 0.25) is 5.91 Å². The average molecular weight is 368 g/mol. The Hall–Kier alpha value is -2.47. The van der Waals surface area contributed by atoms with Crippen molar-refractivity contribution in [3.05, 3.63) is 57.3 Å². The first-order chi connectivity index (χ1) is 12.6. The van der Waals surface area contributed by atoms with Crippen molar-refractivity contribution in [1.82, 2.24) is 9.80 Å². The van der Waals surface area contributed by atoms with Crippen molar-refractivity contribution in [1.29, 1.82) is 0 Å². The van der Waals surface area contributed by atoms with Crippen LogP contribution >= 0.6 is 11.3 Å². The molecule has 2 aliphatic heterocycles. The van der Waals surface area contributed by atoms with E-state index in [4.69, 9.17) is 0 Å². The van der Waals surface area contributed by atoms with Crippen LogP contribution in [0, 0.1) is 0 Å². The van der Waals surface area contributed by atoms with E-state index in [0.29, 0.717) is 24.0 Å². The number of nitrogens with zero attached hydrogens (tertiary/aromatic N) is 2. The van der Waals surface area contributed by atoms with E-state index in [1.165, 1.54) is 15.3 Å². The van der Waals surface area contributed by atoms with E-state index in [-0.39, 0.29) is 30.3 Å². The van der Waals surface area contributed by atoms with E-state index in [0.717, 1.165) is 13.0 Å². The Morgan fingerprint density at radius 1 is 1.15 bits per heavy atom. The van der Waals surface area contributed by atoms with E-state index in [9.17, 15) is 14.4 Å². The van der Waals surface area contributed by atoms with Crippen LogP contribution < -0.4 is 0 Å². The molecule has 2 aromatic rings. The third-order valence-corrected chi connectivity index (χ3v) is 6.24. The fraction of sp³-hybridized carbons (Fsp3) is 0.350. The van der Waals surface area contributed by atoms with Gasteiger partial charge in [-0.3, -0.25) is 19.3 Å². The van der Waals surface area contributed by atoms with E-state index >= 15 is 0 Å². The molecule has 0 aliphatic carbocycles. The number of thiophene rings is 1. The molecule has 1 aromatic carbocycles. The van der Waals surface area contributed by atoms with Gasteiger partial charge in [-0.15, -0.1) is 11.3 Å². The number of benzene rings is 1. The van der Waals surface area contributed by atoms with Crippen LogP contribution in [-0.4, -0.2) is 40.6 Å². The van der Waals surface area contributed by atoms with Gasteiger partial charge in [0.1, 0.15) is 0 Å². The summed E-state index contributed by atoms with van der Waals surface area (Å²) < 4.78 is 0. The van der Waals surface area contributed by atoms with E-state index in [1.54, 1.807) is 35.6 Å². The molecule has 5 nitrogen and oxygen atoms in total. The SMILES string of the molecule is CC1c2ccsc2CCN1C(=O)CCCN1C(=O)c2ccccc2C1=O. The summed E-state index contributed by atoms with van der Waals surface area (Å²) in [7, 11) is 0. The maximum atomic E-state index is 12.6. The van der Waals surface area contributed by atoms with Crippen molar-refractivity contribution >= 4 is 29.1 Å². The number of hydrogen-bond donors (Lipinski definition) is 0. The van der Waals surface area contributed by atoms with Crippen LogP contribution in [0.4, 0.5) is 0 Å². The van der Waals surface area contributed by atoms with Crippen LogP contribution in [0.1, 0.15) is 57.0 Å². The number of rotatable bonds is 4. The van der Waals surface area contributed by atoms with Crippen molar-refractivity contribution in [2.75, 3.05) is 13.1 Å². The Labute approximate surface area is 156 Å². The summed E-state index contributed by atoms with van der Waals surface area (Å²) in [6.45, 7) is 3.08. The lowest BCUT2D eigenvalue weighted by molar-refractivity contribution is -0.133. The number of carbonyl (C=O) groups is 3. The Morgan fingerprint density at radius 3 is 2.54 bits per heavy atom. The molecule has 4 rings (SSSR count). The Kier molecular flexibility index (Phi) is 4.36. The van der Waals surface area contributed by atoms with Gasteiger partial charge in [-0.2, -0.15) is 0 Å². The molecule has 26 heavy (non-hydrogen) atoms. The van der Waals surface area contributed by atoms with Crippen LogP contribution in [0.2, 0.25) is 0 Å². The minimum Gasteiger partial charge on any atom is -0.336 e. The summed E-state index contributed by atoms with van der Waals surface area (Å²) in [5.74, 6) is -0.425. The van der Waals surface area contributed by atoms with Crippen molar-refractivity contribution < 1.29 is 14.4 Å². The Balaban J connectivity index is 1.35. The average Bonchev–Trinajstić information content (AvgIpc) is 3.22. The van der Waals surface area contributed by atoms with Gasteiger partial charge in [-0.1, -0.05) is 12.1 Å². The van der Waals surface area contributed by atoms with E-state index in [1.807, 2.05) is 4.90 Å². The highest BCUT2D eigenvalue weighted by Crippen LogP contribution is 2.33. The zero-order valence-electron chi connectivity index (χ0n) is 14.6. The summed E-state index contributed by atoms with van der Waals surface area (Å²) in [4.78, 5) is 41.9. The molecule has 0 radical (unpaired) electrons. The van der Waals surface area contributed by atoms with Gasteiger partial charge >= 0.3 is 0 Å². The van der Waals surface area contributed by atoms with Crippen LogP contribution in [0.15, 0.2) is 35.7 Å². The molecule has 0 spiro atoms. The van der Waals surface area contributed by atoms with Gasteiger partial charge in [0.15, 0.2) is 0 Å². The lowest BCUT2D eigenvalue weighted by Crippen LogP contribution is -2.38. The number of fused-ring (bicyclic) bond motifs is 2. The first-order valence-electron chi connectivity index (χ1n) is 8.89. The monoisotopic (exact) mass is 368 g/mol. The third kappa shape index (κ3) is 2.74. The predicted molar refractivity (Wildman–Crippen MR) is 99.2 cm³/mol. The molecule has 0 saturated heterocycles. The van der Waals surface area contributed by atoms with Gasteiger partial charge < -0.3 is 4.90 Å². The molecule has 1 aromatic heterocycles. The highest BCUT2D eigenvalue weighted by molar-refractivity contribution is 7.10. The topological polar surface area (TPSA) is 57.7 Å². The fourth-order valence-corrected chi connectivity index (χ4v) is 4.79. The summed E-state index contributed by atoms with van der Waals surface area (Å²) >= 11 is 1.75. The van der Waals surface area contributed by atoms with Gasteiger partial charge in [0.25, 0.3) is 11.8 Å². The van der Waals surface area contributed by atoms with Gasteiger partial charge in [-0.05, 0) is 48.9 Å². The second kappa shape index (κ2) is 6.68. The van der Waals surface area contributed by atoms with Gasteiger partial charge in [-0.25, -0.2) is 0 Å². The van der Waals surface area contributed by atoms with Gasteiger partial charge in [0, 0.05) is 24.4 Å². The molecular formula is C20H20N2O3S. The van der Waals surface area contributed by atoms with Crippen LogP contribution in [0.25, 0.3) is 0 Å². The predicted octanol–water partition coefficient (Wildman–Crippen LogP) is 3.27. The Morgan fingerprint density at radius 2 is 1.85 bits per heavy atom. The minimum absolute atomic E-state index is 0.0889. The number of hydrogen-bond acceptors (Lipinski definition) is 4. The molecule has 0 fully saturated rings. The maximum Gasteiger partial charge on any atom is 0.261 e. The lowest BCUT2D eigenvalue weighted by atomic mass is 10.0.